The van der Waals surface area contributed by atoms with Crippen LogP contribution < -0.4 is 5.32 Å². The molecule has 0 aromatic carbocycles. The molecule has 5 heteroatoms. The molecule has 0 saturated carbocycles. The van der Waals surface area contributed by atoms with E-state index in [2.05, 4.69) is 17.9 Å². The first-order valence-electron chi connectivity index (χ1n) is 4.40. The Kier molecular flexibility index (Phi) is 4.97. The van der Waals surface area contributed by atoms with Gasteiger partial charge >= 0.3 is 5.97 Å². The number of amides is 1. The third-order valence-corrected chi connectivity index (χ3v) is 1.44. The maximum atomic E-state index is 11.1. The third kappa shape index (κ3) is 6.77. The Morgan fingerprint density at radius 3 is 2.29 bits per heavy atom. The molecule has 0 radical (unpaired) electrons. The molecule has 0 spiro atoms. The molecule has 0 heterocycles. The van der Waals surface area contributed by atoms with Crippen molar-refractivity contribution >= 4 is 24.5 Å². The second-order valence-corrected chi connectivity index (χ2v) is 4.75. The van der Waals surface area contributed by atoms with E-state index in [0.29, 0.717) is 0 Å². The molecule has 0 bridgehead atoms. The van der Waals surface area contributed by atoms with Crippen molar-refractivity contribution in [3.05, 3.63) is 0 Å². The molecule has 14 heavy (non-hydrogen) atoms. The third-order valence-electron chi connectivity index (χ3n) is 1.21. The van der Waals surface area contributed by atoms with Gasteiger partial charge in [0, 0.05) is 0 Å². The number of nitrogens with one attached hydrogen (secondary N) is 1. The Labute approximate surface area is 89.8 Å². The summed E-state index contributed by atoms with van der Waals surface area (Å²) < 4.78 is 4.99. The van der Waals surface area contributed by atoms with Gasteiger partial charge in [-0.05, 0) is 27.7 Å². The van der Waals surface area contributed by atoms with Crippen LogP contribution in [-0.4, -0.2) is 29.3 Å². The van der Waals surface area contributed by atoms with E-state index in [-0.39, 0.29) is 12.5 Å². The summed E-state index contributed by atoms with van der Waals surface area (Å²) in [7, 11) is 0. The van der Waals surface area contributed by atoms with Crippen molar-refractivity contribution in [1.29, 1.82) is 0 Å². The smallest absolute Gasteiger partial charge is 0.325 e. The number of ether oxygens (including phenoxy) is 1. The molecule has 4 nitrogen and oxygen atoms in total. The molecule has 1 atom stereocenters. The molecule has 0 fully saturated rings. The normalized spacial score (nSPS) is 13.2. The molecule has 82 valence electrons. The SMILES string of the molecule is CC(S)C(=O)NCC(=O)OC(C)(C)C. The zero-order chi connectivity index (χ0) is 11.4. The lowest BCUT2D eigenvalue weighted by Gasteiger charge is -2.19. The van der Waals surface area contributed by atoms with E-state index in [1.165, 1.54) is 0 Å². The van der Waals surface area contributed by atoms with Gasteiger partial charge in [-0.3, -0.25) is 9.59 Å². The molecular weight excluding hydrogens is 202 g/mol. The molecule has 0 aliphatic heterocycles. The summed E-state index contributed by atoms with van der Waals surface area (Å²) in [6, 6.07) is 0. The zero-order valence-electron chi connectivity index (χ0n) is 8.96. The monoisotopic (exact) mass is 219 g/mol. The van der Waals surface area contributed by atoms with Crippen LogP contribution in [0.15, 0.2) is 0 Å². The Balaban J connectivity index is 3.81. The molecule has 0 aliphatic rings. The average Bonchev–Trinajstić information content (AvgIpc) is 1.96. The molecule has 0 saturated heterocycles. The highest BCUT2D eigenvalue weighted by atomic mass is 32.1. The quantitative estimate of drug-likeness (QED) is 0.544. The topological polar surface area (TPSA) is 55.4 Å². The fourth-order valence-corrected chi connectivity index (χ4v) is 0.776. The summed E-state index contributed by atoms with van der Waals surface area (Å²) in [5.74, 6) is -0.723. The highest BCUT2D eigenvalue weighted by Crippen LogP contribution is 2.06. The van der Waals surface area contributed by atoms with E-state index in [4.69, 9.17) is 4.74 Å². The maximum Gasteiger partial charge on any atom is 0.325 e. The van der Waals surface area contributed by atoms with Crippen LogP contribution in [0.1, 0.15) is 27.7 Å². The predicted octanol–water partition coefficient (Wildman–Crippen LogP) is 0.763. The first-order valence-corrected chi connectivity index (χ1v) is 4.91. The number of thiol groups is 1. The Morgan fingerprint density at radius 2 is 1.93 bits per heavy atom. The molecule has 0 rings (SSSR count). The van der Waals surface area contributed by atoms with E-state index >= 15 is 0 Å². The van der Waals surface area contributed by atoms with Gasteiger partial charge in [0.2, 0.25) is 5.91 Å². The average molecular weight is 219 g/mol. The minimum Gasteiger partial charge on any atom is -0.459 e. The van der Waals surface area contributed by atoms with Crippen molar-refractivity contribution < 1.29 is 14.3 Å². The molecule has 0 aliphatic carbocycles. The summed E-state index contributed by atoms with van der Waals surface area (Å²) >= 11 is 3.92. The van der Waals surface area contributed by atoms with Gasteiger partial charge in [0.15, 0.2) is 0 Å². The van der Waals surface area contributed by atoms with E-state index in [1.807, 2.05) is 0 Å². The van der Waals surface area contributed by atoms with Crippen molar-refractivity contribution in [1.82, 2.24) is 5.32 Å². The second-order valence-electron chi connectivity index (χ2n) is 3.98. The van der Waals surface area contributed by atoms with Crippen molar-refractivity contribution in [2.45, 2.75) is 38.5 Å². The molecule has 0 aromatic rings. The number of carbonyl (C=O) groups is 2. The second kappa shape index (κ2) is 5.24. The highest BCUT2D eigenvalue weighted by Gasteiger charge is 2.17. The summed E-state index contributed by atoms with van der Waals surface area (Å²) in [6.07, 6.45) is 0. The number of rotatable bonds is 3. The van der Waals surface area contributed by atoms with Gasteiger partial charge in [-0.15, -0.1) is 0 Å². The van der Waals surface area contributed by atoms with E-state index in [9.17, 15) is 9.59 Å². The fourth-order valence-electron chi connectivity index (χ4n) is 0.685. The van der Waals surface area contributed by atoms with Gasteiger partial charge in [0.05, 0.1) is 5.25 Å². The van der Waals surface area contributed by atoms with Crippen molar-refractivity contribution in [2.75, 3.05) is 6.54 Å². The first-order chi connectivity index (χ1) is 6.22. The van der Waals surface area contributed by atoms with Gasteiger partial charge in [-0.1, -0.05) is 0 Å². The van der Waals surface area contributed by atoms with E-state index < -0.39 is 16.8 Å². The summed E-state index contributed by atoms with van der Waals surface area (Å²) in [4.78, 5) is 22.1. The van der Waals surface area contributed by atoms with E-state index in [0.717, 1.165) is 0 Å². The highest BCUT2D eigenvalue weighted by molar-refractivity contribution is 7.81. The largest absolute Gasteiger partial charge is 0.459 e. The zero-order valence-corrected chi connectivity index (χ0v) is 9.85. The molecule has 1 N–H and O–H groups in total. The van der Waals surface area contributed by atoms with Gasteiger partial charge in [0.25, 0.3) is 0 Å². The van der Waals surface area contributed by atoms with Crippen molar-refractivity contribution in [2.24, 2.45) is 0 Å². The van der Waals surface area contributed by atoms with Crippen LogP contribution in [-0.2, 0) is 14.3 Å². The minimum absolute atomic E-state index is 0.110. The minimum atomic E-state index is -0.519. The van der Waals surface area contributed by atoms with Crippen LogP contribution in [0.4, 0.5) is 0 Å². The Hall–Kier alpha value is -0.710. The lowest BCUT2D eigenvalue weighted by atomic mass is 10.2. The number of hydrogen-bond donors (Lipinski definition) is 2. The molecule has 0 aromatic heterocycles. The Bertz CT molecular complexity index is 221. The van der Waals surface area contributed by atoms with Gasteiger partial charge in [0.1, 0.15) is 12.1 Å². The van der Waals surface area contributed by atoms with Gasteiger partial charge in [-0.25, -0.2) is 0 Å². The molecule has 1 unspecified atom stereocenters. The van der Waals surface area contributed by atoms with E-state index in [1.54, 1.807) is 27.7 Å². The summed E-state index contributed by atoms with van der Waals surface area (Å²) in [5.41, 5.74) is -0.519. The van der Waals surface area contributed by atoms with Gasteiger partial charge in [-0.2, -0.15) is 12.6 Å². The standard InChI is InChI=1S/C9H17NO3S/c1-6(14)8(12)10-5-7(11)13-9(2,3)4/h6,14H,5H2,1-4H3,(H,10,12). The lowest BCUT2D eigenvalue weighted by Crippen LogP contribution is -2.37. The molecular formula is C9H17NO3S. The lowest BCUT2D eigenvalue weighted by molar-refractivity contribution is -0.154. The van der Waals surface area contributed by atoms with Crippen LogP contribution in [0.5, 0.6) is 0 Å². The number of hydrogen-bond acceptors (Lipinski definition) is 4. The van der Waals surface area contributed by atoms with Crippen LogP contribution in [0.2, 0.25) is 0 Å². The molecule has 1 amide bonds. The van der Waals surface area contributed by atoms with Crippen LogP contribution in [0.25, 0.3) is 0 Å². The van der Waals surface area contributed by atoms with Crippen LogP contribution in [0, 0.1) is 0 Å². The number of carbonyl (C=O) groups excluding carboxylic acids is 2. The summed E-state index contributed by atoms with van der Waals surface area (Å²) in [5, 5.41) is 2.00. The van der Waals surface area contributed by atoms with Crippen LogP contribution in [0.3, 0.4) is 0 Å². The Morgan fingerprint density at radius 1 is 1.43 bits per heavy atom. The van der Waals surface area contributed by atoms with Gasteiger partial charge < -0.3 is 10.1 Å². The first kappa shape index (κ1) is 13.3. The number of esters is 1. The van der Waals surface area contributed by atoms with Crippen LogP contribution >= 0.6 is 12.6 Å². The van der Waals surface area contributed by atoms with Crippen molar-refractivity contribution in [3.8, 4) is 0 Å². The summed E-state index contributed by atoms with van der Waals surface area (Å²) in [6.45, 7) is 6.84. The van der Waals surface area contributed by atoms with Crippen molar-refractivity contribution in [3.63, 3.8) is 0 Å². The predicted molar refractivity (Wildman–Crippen MR) is 57.3 cm³/mol. The fraction of sp³-hybridized carbons (Fsp3) is 0.778. The maximum absolute atomic E-state index is 11.1.